The molecule has 2 rings (SSSR count). The molecule has 0 atom stereocenters. The summed E-state index contributed by atoms with van der Waals surface area (Å²) in [6, 6.07) is 3.62. The molecule has 2 aromatic rings. The second-order valence-electron chi connectivity index (χ2n) is 3.89. The van der Waals surface area contributed by atoms with Gasteiger partial charge in [-0.15, -0.1) is 0 Å². The van der Waals surface area contributed by atoms with E-state index in [0.29, 0.717) is 17.5 Å². The first-order valence-corrected chi connectivity index (χ1v) is 7.37. The van der Waals surface area contributed by atoms with Gasteiger partial charge in [-0.05, 0) is 49.6 Å². The average molecular weight is 410 g/mol. The van der Waals surface area contributed by atoms with Crippen molar-refractivity contribution in [2.24, 2.45) is 7.05 Å². The third-order valence-electron chi connectivity index (χ3n) is 2.61. The molecular weight excluding hydrogens is 399 g/mol. The van der Waals surface area contributed by atoms with Crippen LogP contribution in [0.3, 0.4) is 0 Å². The van der Waals surface area contributed by atoms with Crippen LogP contribution in [-0.2, 0) is 20.3 Å². The number of rotatable bonds is 4. The van der Waals surface area contributed by atoms with Gasteiger partial charge in [0.25, 0.3) is 0 Å². The Morgan fingerprint density at radius 1 is 1.37 bits per heavy atom. The van der Waals surface area contributed by atoms with E-state index in [1.165, 1.54) is 0 Å². The highest BCUT2D eigenvalue weighted by molar-refractivity contribution is 9.11. The normalized spacial score (nSPS) is 10.8. The molecule has 1 N–H and O–H groups in total. The van der Waals surface area contributed by atoms with Gasteiger partial charge in [-0.25, -0.2) is 4.98 Å². The predicted molar refractivity (Wildman–Crippen MR) is 80.3 cm³/mol. The van der Waals surface area contributed by atoms with Crippen LogP contribution in [0.2, 0.25) is 5.15 Å². The molecule has 1 aromatic heterocycles. The van der Waals surface area contributed by atoms with Crippen molar-refractivity contribution in [3.8, 4) is 5.75 Å². The summed E-state index contributed by atoms with van der Waals surface area (Å²) in [4.78, 5) is 4.16. The van der Waals surface area contributed by atoms with Crippen LogP contribution in [0.15, 0.2) is 27.3 Å². The fourth-order valence-corrected chi connectivity index (χ4v) is 3.19. The lowest BCUT2D eigenvalue weighted by atomic mass is 10.2. The van der Waals surface area contributed by atoms with Crippen LogP contribution < -0.4 is 4.74 Å². The van der Waals surface area contributed by atoms with E-state index in [0.717, 1.165) is 20.3 Å². The van der Waals surface area contributed by atoms with Gasteiger partial charge in [-0.3, -0.25) is 0 Å². The highest BCUT2D eigenvalue weighted by Gasteiger charge is 2.11. The van der Waals surface area contributed by atoms with Gasteiger partial charge in [0.05, 0.1) is 21.7 Å². The second kappa shape index (κ2) is 6.26. The Morgan fingerprint density at radius 2 is 2.00 bits per heavy atom. The lowest BCUT2D eigenvalue weighted by molar-refractivity contribution is 0.278. The molecule has 0 amide bonds. The molecule has 0 bridgehead atoms. The second-order valence-corrected chi connectivity index (χ2v) is 5.99. The number of ether oxygens (including phenoxy) is 1. The number of halogens is 3. The number of benzene rings is 1. The minimum absolute atomic E-state index is 0.0214. The first kappa shape index (κ1) is 14.8. The van der Waals surface area contributed by atoms with Crippen LogP contribution in [0, 0.1) is 0 Å². The SMILES string of the molecule is Cn1c(Cl)cnc1COc1c(Br)cc(CO)cc1Br. The maximum atomic E-state index is 9.11. The van der Waals surface area contributed by atoms with Crippen LogP contribution in [0.1, 0.15) is 11.4 Å². The average Bonchev–Trinajstić information content (AvgIpc) is 2.69. The van der Waals surface area contributed by atoms with Gasteiger partial charge >= 0.3 is 0 Å². The lowest BCUT2D eigenvalue weighted by Gasteiger charge is -2.11. The van der Waals surface area contributed by atoms with Crippen molar-refractivity contribution >= 4 is 43.5 Å². The zero-order valence-corrected chi connectivity index (χ0v) is 14.0. The third-order valence-corrected chi connectivity index (χ3v) is 4.14. The summed E-state index contributed by atoms with van der Waals surface area (Å²) in [6.45, 7) is 0.283. The number of hydrogen-bond donors (Lipinski definition) is 1. The fourth-order valence-electron chi connectivity index (χ4n) is 1.54. The largest absolute Gasteiger partial charge is 0.483 e. The number of hydrogen-bond acceptors (Lipinski definition) is 3. The fraction of sp³-hybridized carbons (Fsp3) is 0.250. The van der Waals surface area contributed by atoms with Crippen LogP contribution in [0.4, 0.5) is 0 Å². The van der Waals surface area contributed by atoms with E-state index in [2.05, 4.69) is 36.8 Å². The first-order valence-electron chi connectivity index (χ1n) is 5.40. The number of aromatic nitrogens is 2. The summed E-state index contributed by atoms with van der Waals surface area (Å²) in [5.74, 6) is 1.39. The van der Waals surface area contributed by atoms with Gasteiger partial charge in [-0.1, -0.05) is 11.6 Å². The molecule has 7 heteroatoms. The quantitative estimate of drug-likeness (QED) is 0.837. The minimum Gasteiger partial charge on any atom is -0.483 e. The Bertz CT molecular complexity index is 578. The van der Waals surface area contributed by atoms with Gasteiger partial charge in [0.2, 0.25) is 0 Å². The molecule has 0 unspecified atom stereocenters. The van der Waals surface area contributed by atoms with Crippen LogP contribution in [0.5, 0.6) is 5.75 Å². The standard InChI is InChI=1S/C12H11Br2ClN2O2/c1-17-10(15)4-16-11(17)6-19-12-8(13)2-7(5-18)3-9(12)14/h2-4,18H,5-6H2,1H3. The summed E-state index contributed by atoms with van der Waals surface area (Å²) in [5.41, 5.74) is 0.797. The van der Waals surface area contributed by atoms with E-state index in [9.17, 15) is 0 Å². The van der Waals surface area contributed by atoms with Gasteiger partial charge < -0.3 is 14.4 Å². The molecule has 0 saturated carbocycles. The summed E-state index contributed by atoms with van der Waals surface area (Å²) < 4.78 is 9.02. The van der Waals surface area contributed by atoms with E-state index in [4.69, 9.17) is 21.4 Å². The van der Waals surface area contributed by atoms with Crippen molar-refractivity contribution in [2.75, 3.05) is 0 Å². The predicted octanol–water partition coefficient (Wildman–Crippen LogP) is 3.67. The molecule has 0 aliphatic heterocycles. The van der Waals surface area contributed by atoms with Crippen molar-refractivity contribution in [1.29, 1.82) is 0 Å². The highest BCUT2D eigenvalue weighted by atomic mass is 79.9. The summed E-state index contributed by atoms with van der Waals surface area (Å²) in [5, 5.41) is 9.68. The molecule has 1 heterocycles. The molecule has 0 aliphatic carbocycles. The Morgan fingerprint density at radius 3 is 2.47 bits per heavy atom. The van der Waals surface area contributed by atoms with Gasteiger partial charge in [0.15, 0.2) is 0 Å². The van der Waals surface area contributed by atoms with Crippen LogP contribution >= 0.6 is 43.5 Å². The lowest BCUT2D eigenvalue weighted by Crippen LogP contribution is -2.04. The van der Waals surface area contributed by atoms with E-state index in [-0.39, 0.29) is 6.61 Å². The Balaban J connectivity index is 2.18. The number of aliphatic hydroxyl groups is 1. The van der Waals surface area contributed by atoms with Crippen molar-refractivity contribution in [2.45, 2.75) is 13.2 Å². The van der Waals surface area contributed by atoms with E-state index in [1.807, 2.05) is 19.2 Å². The van der Waals surface area contributed by atoms with Crippen molar-refractivity contribution in [1.82, 2.24) is 9.55 Å². The Kier molecular flexibility index (Phi) is 4.89. The maximum absolute atomic E-state index is 9.11. The van der Waals surface area contributed by atoms with E-state index < -0.39 is 0 Å². The number of imidazole rings is 1. The molecule has 0 radical (unpaired) electrons. The van der Waals surface area contributed by atoms with E-state index in [1.54, 1.807) is 10.8 Å². The van der Waals surface area contributed by atoms with Crippen LogP contribution in [0.25, 0.3) is 0 Å². The Labute approximate surface area is 132 Å². The van der Waals surface area contributed by atoms with Crippen molar-refractivity contribution in [3.05, 3.63) is 43.8 Å². The zero-order chi connectivity index (χ0) is 14.0. The van der Waals surface area contributed by atoms with Gasteiger partial charge in [-0.2, -0.15) is 0 Å². The Hall–Kier alpha value is -0.560. The van der Waals surface area contributed by atoms with Crippen LogP contribution in [-0.4, -0.2) is 14.7 Å². The first-order chi connectivity index (χ1) is 9.02. The third kappa shape index (κ3) is 3.31. The minimum atomic E-state index is -0.0214. The highest BCUT2D eigenvalue weighted by Crippen LogP contribution is 2.35. The summed E-state index contributed by atoms with van der Waals surface area (Å²) in [6.07, 6.45) is 1.58. The van der Waals surface area contributed by atoms with E-state index >= 15 is 0 Å². The monoisotopic (exact) mass is 408 g/mol. The van der Waals surface area contributed by atoms with Crippen molar-refractivity contribution in [3.63, 3.8) is 0 Å². The molecule has 0 saturated heterocycles. The molecule has 0 fully saturated rings. The smallest absolute Gasteiger partial charge is 0.148 e. The molecule has 102 valence electrons. The molecule has 1 aromatic carbocycles. The number of nitrogens with zero attached hydrogens (tertiary/aromatic N) is 2. The summed E-state index contributed by atoms with van der Waals surface area (Å²) in [7, 11) is 1.83. The van der Waals surface area contributed by atoms with Gasteiger partial charge in [0.1, 0.15) is 23.3 Å². The summed E-state index contributed by atoms with van der Waals surface area (Å²) >= 11 is 12.7. The zero-order valence-electron chi connectivity index (χ0n) is 10.0. The molecular formula is C12H11Br2ClN2O2. The van der Waals surface area contributed by atoms with Gasteiger partial charge in [0, 0.05) is 7.05 Å². The maximum Gasteiger partial charge on any atom is 0.148 e. The molecule has 4 nitrogen and oxygen atoms in total. The molecule has 0 aliphatic rings. The molecule has 0 spiro atoms. The number of aliphatic hydroxyl groups excluding tert-OH is 1. The van der Waals surface area contributed by atoms with Crippen molar-refractivity contribution < 1.29 is 9.84 Å². The molecule has 19 heavy (non-hydrogen) atoms. The topological polar surface area (TPSA) is 47.3 Å².